The van der Waals surface area contributed by atoms with Gasteiger partial charge in [0.2, 0.25) is 0 Å². The van der Waals surface area contributed by atoms with E-state index in [4.69, 9.17) is 9.47 Å². The Morgan fingerprint density at radius 1 is 1.50 bits per heavy atom. The Bertz CT molecular complexity index is 239. The van der Waals surface area contributed by atoms with Crippen molar-refractivity contribution in [3.63, 3.8) is 0 Å². The van der Waals surface area contributed by atoms with E-state index in [0.717, 1.165) is 12.8 Å². The average molecular weight is 200 g/mol. The van der Waals surface area contributed by atoms with Gasteiger partial charge in [0, 0.05) is 13.0 Å². The molecule has 0 aromatic heterocycles. The van der Waals surface area contributed by atoms with E-state index >= 15 is 0 Å². The van der Waals surface area contributed by atoms with Crippen LogP contribution in [0.25, 0.3) is 0 Å². The minimum Gasteiger partial charge on any atom is -0.465 e. The molecular formula is C10H16O4. The summed E-state index contributed by atoms with van der Waals surface area (Å²) in [5, 5.41) is 10.3. The molecule has 1 atom stereocenters. The molecule has 14 heavy (non-hydrogen) atoms. The first kappa shape index (κ1) is 9.93. The van der Waals surface area contributed by atoms with Crippen LogP contribution in [-0.4, -0.2) is 36.5 Å². The Hall–Kier alpha value is -0.610. The van der Waals surface area contributed by atoms with Crippen molar-refractivity contribution in [2.45, 2.75) is 31.8 Å². The summed E-state index contributed by atoms with van der Waals surface area (Å²) in [6.07, 6.45) is 2.00. The maximum Gasteiger partial charge on any atom is 0.315 e. The smallest absolute Gasteiger partial charge is 0.315 e. The van der Waals surface area contributed by atoms with E-state index in [1.54, 1.807) is 6.92 Å². The zero-order chi connectivity index (χ0) is 10.2. The SMILES string of the molecule is CCOC(=O)C1(C2(O)CCOC2)CC1. The van der Waals surface area contributed by atoms with Crippen molar-refractivity contribution in [2.75, 3.05) is 19.8 Å². The third kappa shape index (κ3) is 1.25. The second-order valence-electron chi connectivity index (χ2n) is 4.14. The Morgan fingerprint density at radius 3 is 2.64 bits per heavy atom. The molecule has 1 aliphatic heterocycles. The van der Waals surface area contributed by atoms with Crippen LogP contribution in [0.3, 0.4) is 0 Å². The van der Waals surface area contributed by atoms with Crippen molar-refractivity contribution in [1.82, 2.24) is 0 Å². The van der Waals surface area contributed by atoms with E-state index < -0.39 is 11.0 Å². The highest BCUT2D eigenvalue weighted by Gasteiger charge is 2.66. The Labute approximate surface area is 83.2 Å². The molecule has 0 radical (unpaired) electrons. The first-order valence-electron chi connectivity index (χ1n) is 5.12. The molecule has 80 valence electrons. The predicted molar refractivity (Wildman–Crippen MR) is 48.7 cm³/mol. The molecule has 2 rings (SSSR count). The molecule has 0 aromatic rings. The van der Waals surface area contributed by atoms with Gasteiger partial charge in [-0.15, -0.1) is 0 Å². The van der Waals surface area contributed by atoms with E-state index in [-0.39, 0.29) is 12.6 Å². The van der Waals surface area contributed by atoms with Crippen molar-refractivity contribution in [1.29, 1.82) is 0 Å². The third-order valence-corrected chi connectivity index (χ3v) is 3.31. The molecule has 1 N–H and O–H groups in total. The lowest BCUT2D eigenvalue weighted by molar-refractivity contribution is -0.162. The highest BCUT2D eigenvalue weighted by Crippen LogP contribution is 2.57. The van der Waals surface area contributed by atoms with Gasteiger partial charge in [-0.3, -0.25) is 4.79 Å². The minimum absolute atomic E-state index is 0.256. The average Bonchev–Trinajstić information content (AvgIpc) is 2.87. The number of hydrogen-bond acceptors (Lipinski definition) is 4. The van der Waals surface area contributed by atoms with Gasteiger partial charge in [0.15, 0.2) is 0 Å². The van der Waals surface area contributed by atoms with Crippen LogP contribution < -0.4 is 0 Å². The van der Waals surface area contributed by atoms with E-state index in [1.165, 1.54) is 0 Å². The zero-order valence-corrected chi connectivity index (χ0v) is 8.41. The second-order valence-corrected chi connectivity index (χ2v) is 4.14. The van der Waals surface area contributed by atoms with Crippen LogP contribution in [0, 0.1) is 5.41 Å². The molecule has 4 nitrogen and oxygen atoms in total. The first-order chi connectivity index (χ1) is 6.65. The monoisotopic (exact) mass is 200 g/mol. The van der Waals surface area contributed by atoms with E-state index in [1.807, 2.05) is 0 Å². The fraction of sp³-hybridized carbons (Fsp3) is 0.900. The van der Waals surface area contributed by atoms with Gasteiger partial charge in [-0.2, -0.15) is 0 Å². The van der Waals surface area contributed by atoms with Gasteiger partial charge < -0.3 is 14.6 Å². The van der Waals surface area contributed by atoms with Crippen molar-refractivity contribution in [3.05, 3.63) is 0 Å². The Morgan fingerprint density at radius 2 is 2.21 bits per heavy atom. The summed E-state index contributed by atoms with van der Waals surface area (Å²) in [5.74, 6) is -0.256. The molecule has 2 fully saturated rings. The highest BCUT2D eigenvalue weighted by molar-refractivity contribution is 5.81. The molecule has 1 unspecified atom stereocenters. The van der Waals surface area contributed by atoms with Gasteiger partial charge in [-0.25, -0.2) is 0 Å². The van der Waals surface area contributed by atoms with Crippen LogP contribution in [0.4, 0.5) is 0 Å². The summed E-state index contributed by atoms with van der Waals surface area (Å²) in [6, 6.07) is 0. The summed E-state index contributed by atoms with van der Waals surface area (Å²) in [6.45, 7) is 2.96. The number of hydrogen-bond donors (Lipinski definition) is 1. The van der Waals surface area contributed by atoms with Crippen molar-refractivity contribution >= 4 is 5.97 Å². The summed E-state index contributed by atoms with van der Waals surface area (Å²) in [5.41, 5.74) is -1.63. The molecule has 0 bridgehead atoms. The van der Waals surface area contributed by atoms with Crippen LogP contribution in [0.1, 0.15) is 26.2 Å². The number of rotatable bonds is 3. The molecule has 1 heterocycles. The van der Waals surface area contributed by atoms with Crippen LogP contribution >= 0.6 is 0 Å². The molecule has 1 saturated heterocycles. The van der Waals surface area contributed by atoms with E-state index in [2.05, 4.69) is 0 Å². The Kier molecular flexibility index (Phi) is 2.27. The minimum atomic E-state index is -0.973. The van der Waals surface area contributed by atoms with Gasteiger partial charge >= 0.3 is 5.97 Å². The maximum absolute atomic E-state index is 11.7. The number of ether oxygens (including phenoxy) is 2. The van der Waals surface area contributed by atoms with E-state index in [0.29, 0.717) is 19.6 Å². The third-order valence-electron chi connectivity index (χ3n) is 3.31. The van der Waals surface area contributed by atoms with Crippen LogP contribution in [0.15, 0.2) is 0 Å². The van der Waals surface area contributed by atoms with Crippen molar-refractivity contribution < 1.29 is 19.4 Å². The zero-order valence-electron chi connectivity index (χ0n) is 8.41. The van der Waals surface area contributed by atoms with Crippen LogP contribution in [-0.2, 0) is 14.3 Å². The lowest BCUT2D eigenvalue weighted by Crippen LogP contribution is -2.45. The fourth-order valence-electron chi connectivity index (χ4n) is 2.19. The summed E-state index contributed by atoms with van der Waals surface area (Å²) < 4.78 is 10.1. The standard InChI is InChI=1S/C10H16O4/c1-2-14-8(11)9(3-4-9)10(12)5-6-13-7-10/h12H,2-7H2,1H3. The molecule has 2 aliphatic rings. The molecule has 1 saturated carbocycles. The fourth-order valence-corrected chi connectivity index (χ4v) is 2.19. The maximum atomic E-state index is 11.7. The van der Waals surface area contributed by atoms with Gasteiger partial charge in [0.1, 0.15) is 5.60 Å². The summed E-state index contributed by atoms with van der Waals surface area (Å²) >= 11 is 0. The van der Waals surface area contributed by atoms with Gasteiger partial charge in [0.05, 0.1) is 18.6 Å². The normalized spacial score (nSPS) is 34.1. The van der Waals surface area contributed by atoms with Crippen LogP contribution in [0.2, 0.25) is 0 Å². The number of aliphatic hydroxyl groups is 1. The van der Waals surface area contributed by atoms with Gasteiger partial charge in [-0.05, 0) is 19.8 Å². The molecule has 0 spiro atoms. The van der Waals surface area contributed by atoms with Crippen molar-refractivity contribution in [2.24, 2.45) is 5.41 Å². The highest BCUT2D eigenvalue weighted by atomic mass is 16.5. The lowest BCUT2D eigenvalue weighted by Gasteiger charge is -2.29. The van der Waals surface area contributed by atoms with Gasteiger partial charge in [0.25, 0.3) is 0 Å². The number of carbonyl (C=O) groups excluding carboxylic acids is 1. The summed E-state index contributed by atoms with van der Waals surface area (Å²) in [7, 11) is 0. The predicted octanol–water partition coefficient (Wildman–Crippen LogP) is 0.481. The van der Waals surface area contributed by atoms with E-state index in [9.17, 15) is 9.90 Å². The Balaban J connectivity index is 2.11. The number of carbonyl (C=O) groups is 1. The summed E-state index contributed by atoms with van der Waals surface area (Å²) in [4.78, 5) is 11.7. The number of esters is 1. The molecule has 0 aromatic carbocycles. The largest absolute Gasteiger partial charge is 0.465 e. The molecule has 4 heteroatoms. The topological polar surface area (TPSA) is 55.8 Å². The van der Waals surface area contributed by atoms with Crippen LogP contribution in [0.5, 0.6) is 0 Å². The molecule has 1 aliphatic carbocycles. The molecular weight excluding hydrogens is 184 g/mol. The van der Waals surface area contributed by atoms with Gasteiger partial charge in [-0.1, -0.05) is 0 Å². The lowest BCUT2D eigenvalue weighted by atomic mass is 9.83. The first-order valence-corrected chi connectivity index (χ1v) is 5.12. The quantitative estimate of drug-likeness (QED) is 0.673. The van der Waals surface area contributed by atoms with Crippen molar-refractivity contribution in [3.8, 4) is 0 Å². The molecule has 0 amide bonds. The second kappa shape index (κ2) is 3.21.